The van der Waals surface area contributed by atoms with Crippen LogP contribution >= 0.6 is 23.3 Å². The number of rotatable bonds is 5. The summed E-state index contributed by atoms with van der Waals surface area (Å²) < 4.78 is 7.62. The summed E-state index contributed by atoms with van der Waals surface area (Å²) in [4.78, 5) is 81.7. The number of amides is 4. The van der Waals surface area contributed by atoms with Gasteiger partial charge in [-0.1, -0.05) is 41.9 Å². The number of carbonyl (C=O) groups excluding carboxylic acids is 5. The van der Waals surface area contributed by atoms with Crippen molar-refractivity contribution in [3.63, 3.8) is 0 Å². The maximum atomic E-state index is 13.5. The van der Waals surface area contributed by atoms with Crippen LogP contribution in [0.3, 0.4) is 0 Å². The summed E-state index contributed by atoms with van der Waals surface area (Å²) in [6.07, 6.45) is 0.920. The van der Waals surface area contributed by atoms with Crippen molar-refractivity contribution in [2.45, 2.75) is 43.3 Å². The molecule has 2 N–H and O–H groups in total. The Balaban J connectivity index is 1.33. The second-order valence-electron chi connectivity index (χ2n) is 10.8. The lowest BCUT2D eigenvalue weighted by Crippen LogP contribution is -2.58. The lowest BCUT2D eigenvalue weighted by Gasteiger charge is -2.28. The number of esters is 1. The van der Waals surface area contributed by atoms with Crippen LogP contribution in [0.15, 0.2) is 53.3 Å². The van der Waals surface area contributed by atoms with Gasteiger partial charge in [0.15, 0.2) is 0 Å². The first kappa shape index (κ1) is 31.3. The summed E-state index contributed by atoms with van der Waals surface area (Å²) in [6.45, 7) is -0.372. The molecule has 0 aliphatic carbocycles. The number of benzene rings is 2. The van der Waals surface area contributed by atoms with Crippen LogP contribution in [-0.4, -0.2) is 94.5 Å². The molecule has 14 heteroatoms. The fourth-order valence-corrected chi connectivity index (χ4v) is 7.29. The number of cyclic esters (lactones) is 1. The monoisotopic (exact) mass is 639 g/mol. The number of fused-ring (bicyclic) bond motifs is 2. The number of likely N-dealkylation sites (N-methyl/N-ethyl adjacent to an activating group) is 1. The number of hydrogen-bond acceptors (Lipinski definition) is 9. The average molecular weight is 640 g/mol. The van der Waals surface area contributed by atoms with E-state index in [9.17, 15) is 28.8 Å². The van der Waals surface area contributed by atoms with Crippen molar-refractivity contribution in [1.82, 2.24) is 24.4 Å². The van der Waals surface area contributed by atoms with Gasteiger partial charge < -0.3 is 25.2 Å². The standard InChI is InChI=1S/C30H33N5O7S2/c1-33(2)29(40)22-17-43-16-18-8-3-4-9-19(18)30(41)42-15-21(26(37)32-22)31-27(38)23-11-7-13-34(23)25(36)14-35-28(39)20-10-5-6-12-24(20)44-35/h3-6,8-10,12,21-23H,7,11,13-17H2,1-2H3,(H,31,38)(H,32,37)/t21-,22-,23+/m1/s1. The largest absolute Gasteiger partial charge is 0.459 e. The molecule has 5 rings (SSSR count). The number of hydrogen-bond donors (Lipinski definition) is 2. The van der Waals surface area contributed by atoms with Gasteiger partial charge in [-0.3, -0.25) is 27.9 Å². The van der Waals surface area contributed by atoms with Gasteiger partial charge in [0, 0.05) is 32.1 Å². The van der Waals surface area contributed by atoms with Gasteiger partial charge in [-0.25, -0.2) is 4.79 Å². The summed E-state index contributed by atoms with van der Waals surface area (Å²) in [5.41, 5.74) is 0.793. The van der Waals surface area contributed by atoms with Crippen molar-refractivity contribution in [3.8, 4) is 0 Å². The number of likely N-dealkylation sites (tertiary alicyclic amines) is 1. The predicted octanol–water partition coefficient (Wildman–Crippen LogP) is 1.22. The maximum Gasteiger partial charge on any atom is 0.338 e. The first-order chi connectivity index (χ1) is 21.1. The molecule has 44 heavy (non-hydrogen) atoms. The minimum Gasteiger partial charge on any atom is -0.459 e. The molecule has 0 saturated carbocycles. The molecule has 2 aliphatic heterocycles. The summed E-state index contributed by atoms with van der Waals surface area (Å²) in [6, 6.07) is 11.0. The Bertz CT molecular complexity index is 1650. The van der Waals surface area contributed by atoms with Gasteiger partial charge in [-0.15, -0.1) is 0 Å². The normalized spacial score (nSPS) is 21.0. The summed E-state index contributed by atoms with van der Waals surface area (Å²) in [5.74, 6) is -1.95. The van der Waals surface area contributed by atoms with Gasteiger partial charge in [0.2, 0.25) is 23.6 Å². The molecule has 12 nitrogen and oxygen atoms in total. The first-order valence-electron chi connectivity index (χ1n) is 14.2. The van der Waals surface area contributed by atoms with Gasteiger partial charge in [-0.05, 0) is 36.6 Å². The van der Waals surface area contributed by atoms with Crippen molar-refractivity contribution in [2.24, 2.45) is 0 Å². The Hall–Kier alpha value is -4.17. The van der Waals surface area contributed by atoms with Gasteiger partial charge in [0.1, 0.15) is 31.3 Å². The van der Waals surface area contributed by atoms with E-state index >= 15 is 0 Å². The summed E-state index contributed by atoms with van der Waals surface area (Å²) in [5, 5.41) is 5.89. The van der Waals surface area contributed by atoms with Crippen LogP contribution in [0.5, 0.6) is 0 Å². The molecular weight excluding hydrogens is 606 g/mol. The Labute approximate surface area is 261 Å². The minimum absolute atomic E-state index is 0.213. The van der Waals surface area contributed by atoms with E-state index in [2.05, 4.69) is 10.6 Å². The predicted molar refractivity (Wildman–Crippen MR) is 166 cm³/mol. The zero-order valence-corrected chi connectivity index (χ0v) is 25.9. The molecule has 3 atom stereocenters. The molecule has 0 spiro atoms. The van der Waals surface area contributed by atoms with Crippen molar-refractivity contribution < 1.29 is 28.7 Å². The van der Waals surface area contributed by atoms with E-state index in [1.807, 2.05) is 12.1 Å². The van der Waals surface area contributed by atoms with Crippen LogP contribution in [0.1, 0.15) is 28.8 Å². The molecule has 4 amide bonds. The number of ether oxygens (including phenoxy) is 1. The van der Waals surface area contributed by atoms with Gasteiger partial charge in [-0.2, -0.15) is 11.8 Å². The molecule has 232 valence electrons. The molecular formula is C30H33N5O7S2. The highest BCUT2D eigenvalue weighted by Gasteiger charge is 2.37. The molecule has 0 radical (unpaired) electrons. The molecule has 2 aliphatic rings. The van der Waals surface area contributed by atoms with E-state index in [0.717, 1.165) is 10.3 Å². The third-order valence-electron chi connectivity index (χ3n) is 7.56. The highest BCUT2D eigenvalue weighted by molar-refractivity contribution is 7.98. The average Bonchev–Trinajstić information content (AvgIpc) is 3.63. The van der Waals surface area contributed by atoms with Gasteiger partial charge >= 0.3 is 5.97 Å². The molecule has 0 unspecified atom stereocenters. The first-order valence-corrected chi connectivity index (χ1v) is 16.1. The molecule has 1 saturated heterocycles. The quantitative estimate of drug-likeness (QED) is 0.396. The molecule has 3 aromatic rings. The fourth-order valence-electron chi connectivity index (χ4n) is 5.25. The summed E-state index contributed by atoms with van der Waals surface area (Å²) in [7, 11) is 3.18. The molecule has 1 fully saturated rings. The van der Waals surface area contributed by atoms with Crippen LogP contribution in [0.2, 0.25) is 0 Å². The van der Waals surface area contributed by atoms with E-state index in [-0.39, 0.29) is 23.8 Å². The maximum absolute atomic E-state index is 13.5. The Kier molecular flexibility index (Phi) is 9.69. The Morgan fingerprint density at radius 2 is 1.82 bits per heavy atom. The smallest absolute Gasteiger partial charge is 0.338 e. The van der Waals surface area contributed by atoms with Crippen LogP contribution in [0, 0.1) is 0 Å². The van der Waals surface area contributed by atoms with E-state index in [0.29, 0.717) is 36.1 Å². The lowest BCUT2D eigenvalue weighted by atomic mass is 10.1. The van der Waals surface area contributed by atoms with Crippen molar-refractivity contribution in [1.29, 1.82) is 0 Å². The van der Waals surface area contributed by atoms with E-state index in [1.54, 1.807) is 50.5 Å². The third-order valence-corrected chi connectivity index (χ3v) is 9.71. The number of nitrogens with one attached hydrogen (secondary N) is 2. The second-order valence-corrected chi connectivity index (χ2v) is 12.9. The molecule has 3 heterocycles. The van der Waals surface area contributed by atoms with Crippen molar-refractivity contribution in [2.75, 3.05) is 33.0 Å². The number of carbonyl (C=O) groups is 5. The number of aromatic nitrogens is 1. The van der Waals surface area contributed by atoms with Crippen LogP contribution in [-0.2, 0) is 36.2 Å². The van der Waals surface area contributed by atoms with E-state index < -0.39 is 48.4 Å². The molecule has 0 bridgehead atoms. The number of nitrogens with zero attached hydrogens (tertiary/aromatic N) is 3. The highest BCUT2D eigenvalue weighted by Crippen LogP contribution is 2.22. The number of thioether (sulfide) groups is 1. The van der Waals surface area contributed by atoms with Gasteiger partial charge in [0.25, 0.3) is 5.56 Å². The van der Waals surface area contributed by atoms with E-state index in [4.69, 9.17) is 4.74 Å². The van der Waals surface area contributed by atoms with Crippen LogP contribution in [0.25, 0.3) is 10.1 Å². The van der Waals surface area contributed by atoms with Crippen molar-refractivity contribution >= 4 is 63.0 Å². The lowest BCUT2D eigenvalue weighted by molar-refractivity contribution is -0.140. The Morgan fingerprint density at radius 3 is 2.59 bits per heavy atom. The third kappa shape index (κ3) is 6.81. The zero-order valence-electron chi connectivity index (χ0n) is 24.3. The van der Waals surface area contributed by atoms with Gasteiger partial charge in [0.05, 0.1) is 15.6 Å². The molecule has 1 aromatic heterocycles. The minimum atomic E-state index is -1.32. The van der Waals surface area contributed by atoms with E-state index in [1.165, 1.54) is 37.1 Å². The second kappa shape index (κ2) is 13.6. The van der Waals surface area contributed by atoms with Crippen LogP contribution in [0.4, 0.5) is 0 Å². The highest BCUT2D eigenvalue weighted by atomic mass is 32.2. The Morgan fingerprint density at radius 1 is 1.07 bits per heavy atom. The van der Waals surface area contributed by atoms with Crippen molar-refractivity contribution in [3.05, 3.63) is 70.0 Å². The molecule has 2 aromatic carbocycles. The van der Waals surface area contributed by atoms with Crippen LogP contribution < -0.4 is 16.2 Å². The zero-order chi connectivity index (χ0) is 31.4. The topological polar surface area (TPSA) is 147 Å². The summed E-state index contributed by atoms with van der Waals surface area (Å²) >= 11 is 2.57. The fraction of sp³-hybridized carbons (Fsp3) is 0.400. The SMILES string of the molecule is CN(C)C(=O)[C@H]1CSCc2ccccc2C(=O)OC[C@@H](NC(=O)[C@@H]2CCCN2C(=O)Cn2sc3ccccc3c2=O)C(=O)N1.